The van der Waals surface area contributed by atoms with Crippen molar-refractivity contribution in [3.8, 4) is 22.6 Å². The first kappa shape index (κ1) is 24.6. The van der Waals surface area contributed by atoms with E-state index in [1.165, 1.54) is 25.7 Å². The molecule has 196 valence electrons. The lowest BCUT2D eigenvalue weighted by Gasteiger charge is -2.15. The number of aryl methyl sites for hydroxylation is 2. The molecule has 1 fully saturated rings. The molecule has 3 N–H and O–H groups in total. The number of hydrogen-bond acceptors (Lipinski definition) is 5. The molecule has 0 unspecified atom stereocenters. The zero-order chi connectivity index (χ0) is 26.9. The third kappa shape index (κ3) is 4.81. The second-order valence-corrected chi connectivity index (χ2v) is 10.2. The highest BCUT2D eigenvalue weighted by atomic mass is 15.1. The number of nitrogens with one attached hydrogen (secondary N) is 3. The quantitative estimate of drug-likeness (QED) is 0.192. The molecule has 0 aromatic carbocycles. The van der Waals surface area contributed by atoms with Crippen molar-refractivity contribution in [3.05, 3.63) is 97.3 Å². The van der Waals surface area contributed by atoms with Crippen LogP contribution in [0.15, 0.2) is 80.3 Å². The Labute approximate surface area is 227 Å². The Morgan fingerprint density at radius 1 is 1.10 bits per heavy atom. The maximum atomic E-state index is 4.70. The van der Waals surface area contributed by atoms with Crippen LogP contribution in [-0.2, 0) is 0 Å². The van der Waals surface area contributed by atoms with E-state index in [1.807, 2.05) is 48.7 Å². The second kappa shape index (κ2) is 10.2. The van der Waals surface area contributed by atoms with Gasteiger partial charge >= 0.3 is 0 Å². The first-order chi connectivity index (χ1) is 19.0. The number of rotatable bonds is 8. The van der Waals surface area contributed by atoms with Crippen LogP contribution in [0.1, 0.15) is 42.6 Å². The summed E-state index contributed by atoms with van der Waals surface area (Å²) in [6, 6.07) is 6.27. The van der Waals surface area contributed by atoms with Crippen LogP contribution in [0.25, 0.3) is 39.2 Å². The summed E-state index contributed by atoms with van der Waals surface area (Å²) in [7, 11) is 0. The molecule has 1 aliphatic carbocycles. The van der Waals surface area contributed by atoms with E-state index in [0.29, 0.717) is 5.92 Å². The number of anilines is 1. The van der Waals surface area contributed by atoms with Gasteiger partial charge in [-0.25, -0.2) is 4.98 Å². The van der Waals surface area contributed by atoms with Gasteiger partial charge in [-0.15, -0.1) is 0 Å². The van der Waals surface area contributed by atoms with E-state index < -0.39 is 0 Å². The van der Waals surface area contributed by atoms with Crippen LogP contribution >= 0.6 is 0 Å². The molecule has 0 aliphatic heterocycles. The topological polar surface area (TPSA) is 100 Å². The minimum Gasteiger partial charge on any atom is -0.358 e. The minimum absolute atomic E-state index is 0.533. The van der Waals surface area contributed by atoms with Crippen molar-refractivity contribution < 1.29 is 0 Å². The molecular formula is C31H32N8. The third-order valence-corrected chi connectivity index (χ3v) is 7.45. The molecule has 39 heavy (non-hydrogen) atoms. The Morgan fingerprint density at radius 2 is 1.95 bits per heavy atom. The van der Waals surface area contributed by atoms with E-state index in [-0.39, 0.29) is 0 Å². The van der Waals surface area contributed by atoms with Gasteiger partial charge in [0.25, 0.3) is 0 Å². The summed E-state index contributed by atoms with van der Waals surface area (Å²) in [5, 5.41) is 12.2. The summed E-state index contributed by atoms with van der Waals surface area (Å²) < 4.78 is 2.01. The molecule has 0 amide bonds. The largest absolute Gasteiger partial charge is 0.358 e. The van der Waals surface area contributed by atoms with Crippen molar-refractivity contribution in [2.45, 2.75) is 39.5 Å². The lowest BCUT2D eigenvalue weighted by molar-refractivity contribution is 0.649. The normalized spacial score (nSPS) is 14.3. The van der Waals surface area contributed by atoms with E-state index in [4.69, 9.17) is 4.98 Å². The lowest BCUT2D eigenvalue weighted by atomic mass is 10.0. The van der Waals surface area contributed by atoms with E-state index in [0.717, 1.165) is 67.6 Å². The Balaban J connectivity index is 1.33. The zero-order valence-electron chi connectivity index (χ0n) is 22.3. The van der Waals surface area contributed by atoms with Gasteiger partial charge in [-0.05, 0) is 56.9 Å². The smallest absolute Gasteiger partial charge is 0.116 e. The maximum Gasteiger partial charge on any atom is 0.116 e. The Kier molecular flexibility index (Phi) is 6.44. The molecule has 8 heteroatoms. The summed E-state index contributed by atoms with van der Waals surface area (Å²) >= 11 is 0. The van der Waals surface area contributed by atoms with E-state index in [9.17, 15) is 0 Å². The highest BCUT2D eigenvalue weighted by Crippen LogP contribution is 2.34. The van der Waals surface area contributed by atoms with Crippen molar-refractivity contribution in [3.63, 3.8) is 0 Å². The Bertz CT molecular complexity index is 1710. The summed E-state index contributed by atoms with van der Waals surface area (Å²) in [4.78, 5) is 17.1. The third-order valence-electron chi connectivity index (χ3n) is 7.45. The van der Waals surface area contributed by atoms with Gasteiger partial charge in [0.05, 0.1) is 52.7 Å². The number of hydrogen-bond donors (Lipinski definition) is 3. The summed E-state index contributed by atoms with van der Waals surface area (Å²) in [6.45, 7) is 12.2. The molecule has 1 aliphatic rings. The lowest BCUT2D eigenvalue weighted by Crippen LogP contribution is -2.07. The van der Waals surface area contributed by atoms with Gasteiger partial charge in [-0.3, -0.25) is 15.1 Å². The van der Waals surface area contributed by atoms with Gasteiger partial charge in [-0.2, -0.15) is 5.10 Å². The SMILES string of the molecule is C=C/C=C(\c1cc(-c2n[nH]c3cnc(-c4cncc(NC(=C)C5CCCC5)c4)cc23)[nH]c1C)n1cnc(C)c1. The molecular weight excluding hydrogens is 484 g/mol. The van der Waals surface area contributed by atoms with Crippen molar-refractivity contribution >= 4 is 22.3 Å². The van der Waals surface area contributed by atoms with Gasteiger partial charge in [0.2, 0.25) is 0 Å². The number of imidazole rings is 1. The molecule has 0 bridgehead atoms. The summed E-state index contributed by atoms with van der Waals surface area (Å²) in [5.41, 5.74) is 10.4. The number of allylic oxidation sites excluding steroid dienone is 3. The van der Waals surface area contributed by atoms with Gasteiger partial charge in [-0.1, -0.05) is 32.1 Å². The predicted octanol–water partition coefficient (Wildman–Crippen LogP) is 7.02. The molecule has 0 radical (unpaired) electrons. The molecule has 6 rings (SSSR count). The first-order valence-electron chi connectivity index (χ1n) is 13.3. The number of pyridine rings is 2. The van der Waals surface area contributed by atoms with Gasteiger partial charge < -0.3 is 14.9 Å². The molecule has 5 heterocycles. The van der Waals surface area contributed by atoms with Gasteiger partial charge in [0.1, 0.15) is 5.69 Å². The fourth-order valence-corrected chi connectivity index (χ4v) is 5.42. The summed E-state index contributed by atoms with van der Waals surface area (Å²) in [6.07, 6.45) is 18.1. The van der Waals surface area contributed by atoms with Crippen molar-refractivity contribution in [1.29, 1.82) is 0 Å². The Morgan fingerprint density at radius 3 is 2.72 bits per heavy atom. The molecule has 0 saturated heterocycles. The van der Waals surface area contributed by atoms with Gasteiger partial charge in [0.15, 0.2) is 0 Å². The molecule has 8 nitrogen and oxygen atoms in total. The number of aromatic amines is 2. The molecule has 5 aromatic heterocycles. The van der Waals surface area contributed by atoms with E-state index in [2.05, 4.69) is 68.7 Å². The van der Waals surface area contributed by atoms with Crippen molar-refractivity contribution in [1.82, 2.24) is 34.7 Å². The van der Waals surface area contributed by atoms with Crippen LogP contribution in [0, 0.1) is 19.8 Å². The fourth-order valence-electron chi connectivity index (χ4n) is 5.42. The van der Waals surface area contributed by atoms with Gasteiger partial charge in [0, 0.05) is 40.3 Å². The monoisotopic (exact) mass is 516 g/mol. The van der Waals surface area contributed by atoms with Crippen molar-refractivity contribution in [2.24, 2.45) is 5.92 Å². The minimum atomic E-state index is 0.533. The zero-order valence-corrected chi connectivity index (χ0v) is 22.3. The first-order valence-corrected chi connectivity index (χ1v) is 13.3. The van der Waals surface area contributed by atoms with Crippen LogP contribution in [0.4, 0.5) is 5.69 Å². The highest BCUT2D eigenvalue weighted by Gasteiger charge is 2.19. The summed E-state index contributed by atoms with van der Waals surface area (Å²) in [5.74, 6) is 0.533. The number of H-pyrrole nitrogens is 2. The molecule has 0 atom stereocenters. The van der Waals surface area contributed by atoms with Crippen LogP contribution in [0.2, 0.25) is 0 Å². The van der Waals surface area contributed by atoms with E-state index >= 15 is 0 Å². The van der Waals surface area contributed by atoms with Crippen LogP contribution < -0.4 is 5.32 Å². The standard InChI is InChI=1S/C31H32N8/c1-5-8-30(39-17-19(2)34-18-39)25-12-28(36-21(25)4)31-26-13-27(33-16-29(26)37-38-31)23-11-24(15-32-14-23)35-20(3)22-9-6-7-10-22/h5,8,11-18,22,35-36H,1,3,6-7,9-10H2,2,4H3,(H,37,38)/b30-8+. The number of nitrogens with zero attached hydrogens (tertiary/aromatic N) is 5. The average molecular weight is 517 g/mol. The second-order valence-electron chi connectivity index (χ2n) is 10.2. The number of fused-ring (bicyclic) bond motifs is 1. The molecule has 0 spiro atoms. The molecule has 1 saturated carbocycles. The van der Waals surface area contributed by atoms with Crippen molar-refractivity contribution in [2.75, 3.05) is 5.32 Å². The Hall–Kier alpha value is -4.72. The highest BCUT2D eigenvalue weighted by molar-refractivity contribution is 5.94. The van der Waals surface area contributed by atoms with Crippen LogP contribution in [0.5, 0.6) is 0 Å². The molecule has 5 aromatic rings. The van der Waals surface area contributed by atoms with Crippen LogP contribution in [-0.4, -0.2) is 34.7 Å². The predicted molar refractivity (Wildman–Crippen MR) is 157 cm³/mol. The van der Waals surface area contributed by atoms with Crippen LogP contribution in [0.3, 0.4) is 0 Å². The van der Waals surface area contributed by atoms with E-state index in [1.54, 1.807) is 6.08 Å². The fraction of sp³-hybridized carbons (Fsp3) is 0.226. The average Bonchev–Trinajstić information content (AvgIpc) is 3.74. The maximum absolute atomic E-state index is 4.70. The number of aromatic nitrogens is 7.